The van der Waals surface area contributed by atoms with Crippen LogP contribution in [0.4, 0.5) is 5.00 Å². The minimum absolute atomic E-state index is 0.163. The van der Waals surface area contributed by atoms with Gasteiger partial charge in [-0.15, -0.1) is 11.3 Å². The lowest BCUT2D eigenvalue weighted by atomic mass is 10.3. The first-order valence-electron chi connectivity index (χ1n) is 3.99. The number of nitriles is 1. The number of nitrogens with zero attached hydrogens (tertiary/aromatic N) is 2. The highest BCUT2D eigenvalue weighted by Crippen LogP contribution is 2.26. The predicted octanol–water partition coefficient (Wildman–Crippen LogP) is 2.16. The SMILES string of the molecule is C=C(C)C(=O)N(C)c1sccc1C#N. The summed E-state index contributed by atoms with van der Waals surface area (Å²) in [5.74, 6) is -0.163. The normalized spacial score (nSPS) is 9.21. The van der Waals surface area contributed by atoms with Gasteiger partial charge < -0.3 is 4.90 Å². The van der Waals surface area contributed by atoms with Crippen LogP contribution < -0.4 is 4.90 Å². The highest BCUT2D eigenvalue weighted by Gasteiger charge is 2.15. The molecule has 0 bridgehead atoms. The van der Waals surface area contributed by atoms with Crippen LogP contribution in [0.25, 0.3) is 0 Å². The summed E-state index contributed by atoms with van der Waals surface area (Å²) in [5.41, 5.74) is 0.983. The number of hydrogen-bond acceptors (Lipinski definition) is 3. The van der Waals surface area contributed by atoms with E-state index in [1.54, 1.807) is 25.4 Å². The molecule has 0 aromatic carbocycles. The molecule has 14 heavy (non-hydrogen) atoms. The summed E-state index contributed by atoms with van der Waals surface area (Å²) in [4.78, 5) is 13.0. The Labute approximate surface area is 86.9 Å². The van der Waals surface area contributed by atoms with Gasteiger partial charge in [-0.25, -0.2) is 0 Å². The molecule has 0 spiro atoms. The van der Waals surface area contributed by atoms with Gasteiger partial charge in [-0.1, -0.05) is 6.58 Å². The van der Waals surface area contributed by atoms with Crippen molar-refractivity contribution in [1.29, 1.82) is 5.26 Å². The summed E-state index contributed by atoms with van der Waals surface area (Å²) >= 11 is 1.37. The van der Waals surface area contributed by atoms with Crippen molar-refractivity contribution in [2.45, 2.75) is 6.92 Å². The van der Waals surface area contributed by atoms with Crippen molar-refractivity contribution in [3.8, 4) is 6.07 Å². The summed E-state index contributed by atoms with van der Waals surface area (Å²) in [6, 6.07) is 3.73. The van der Waals surface area contributed by atoms with E-state index in [1.807, 2.05) is 6.07 Å². The average Bonchev–Trinajstić information content (AvgIpc) is 2.62. The number of anilines is 1. The molecule has 0 N–H and O–H groups in total. The van der Waals surface area contributed by atoms with Gasteiger partial charge in [0, 0.05) is 12.6 Å². The monoisotopic (exact) mass is 206 g/mol. The molecule has 0 atom stereocenters. The van der Waals surface area contributed by atoms with E-state index in [-0.39, 0.29) is 5.91 Å². The molecule has 0 aliphatic heterocycles. The first kappa shape index (κ1) is 10.5. The lowest BCUT2D eigenvalue weighted by Crippen LogP contribution is -2.26. The van der Waals surface area contributed by atoms with E-state index in [4.69, 9.17) is 5.26 Å². The van der Waals surface area contributed by atoms with E-state index in [9.17, 15) is 4.79 Å². The Morgan fingerprint density at radius 1 is 1.71 bits per heavy atom. The molecule has 1 amide bonds. The third-order valence-electron chi connectivity index (χ3n) is 1.74. The van der Waals surface area contributed by atoms with Gasteiger partial charge in [0.2, 0.25) is 0 Å². The zero-order chi connectivity index (χ0) is 10.7. The molecule has 1 aromatic heterocycles. The Morgan fingerprint density at radius 3 is 2.86 bits per heavy atom. The van der Waals surface area contributed by atoms with Crippen molar-refractivity contribution < 1.29 is 4.79 Å². The molecule has 3 nitrogen and oxygen atoms in total. The van der Waals surface area contributed by atoms with Gasteiger partial charge in [-0.3, -0.25) is 4.79 Å². The van der Waals surface area contributed by atoms with Crippen molar-refractivity contribution in [3.63, 3.8) is 0 Å². The minimum Gasteiger partial charge on any atom is -0.302 e. The average molecular weight is 206 g/mol. The van der Waals surface area contributed by atoms with Crippen LogP contribution >= 0.6 is 11.3 Å². The van der Waals surface area contributed by atoms with Gasteiger partial charge in [0.05, 0.1) is 5.56 Å². The first-order valence-corrected chi connectivity index (χ1v) is 4.87. The third-order valence-corrected chi connectivity index (χ3v) is 2.73. The second-order valence-electron chi connectivity index (χ2n) is 2.90. The summed E-state index contributed by atoms with van der Waals surface area (Å²) in [5, 5.41) is 11.2. The lowest BCUT2D eigenvalue weighted by Gasteiger charge is -2.15. The molecular weight excluding hydrogens is 196 g/mol. The van der Waals surface area contributed by atoms with Crippen LogP contribution in [0.1, 0.15) is 12.5 Å². The van der Waals surface area contributed by atoms with Gasteiger partial charge in [0.1, 0.15) is 11.1 Å². The second-order valence-corrected chi connectivity index (χ2v) is 3.79. The Bertz CT molecular complexity index is 414. The van der Waals surface area contributed by atoms with Crippen molar-refractivity contribution in [3.05, 3.63) is 29.2 Å². The minimum atomic E-state index is -0.163. The Balaban J connectivity index is 3.01. The quantitative estimate of drug-likeness (QED) is 0.696. The molecule has 0 unspecified atom stereocenters. The van der Waals surface area contributed by atoms with E-state index >= 15 is 0 Å². The maximum absolute atomic E-state index is 11.5. The van der Waals surface area contributed by atoms with Crippen molar-refractivity contribution >= 4 is 22.2 Å². The Morgan fingerprint density at radius 2 is 2.36 bits per heavy atom. The van der Waals surface area contributed by atoms with E-state index in [2.05, 4.69) is 6.58 Å². The van der Waals surface area contributed by atoms with Crippen LogP contribution in [0, 0.1) is 11.3 Å². The van der Waals surface area contributed by atoms with Crippen molar-refractivity contribution in [2.24, 2.45) is 0 Å². The third kappa shape index (κ3) is 1.83. The predicted molar refractivity (Wildman–Crippen MR) is 57.3 cm³/mol. The smallest absolute Gasteiger partial charge is 0.253 e. The van der Waals surface area contributed by atoms with Crippen LogP contribution in [0.3, 0.4) is 0 Å². The molecule has 0 radical (unpaired) electrons. The van der Waals surface area contributed by atoms with Gasteiger partial charge in [0.25, 0.3) is 5.91 Å². The standard InChI is InChI=1S/C10H10N2OS/c1-7(2)9(13)12(3)10-8(6-11)4-5-14-10/h4-5H,1H2,2-3H3. The molecule has 0 aliphatic carbocycles. The number of rotatable bonds is 2. The zero-order valence-electron chi connectivity index (χ0n) is 8.07. The topological polar surface area (TPSA) is 44.1 Å². The fourth-order valence-corrected chi connectivity index (χ4v) is 1.84. The molecule has 0 aliphatic rings. The molecule has 0 fully saturated rings. The van der Waals surface area contributed by atoms with Crippen molar-refractivity contribution in [2.75, 3.05) is 11.9 Å². The number of carbonyl (C=O) groups is 1. The molecule has 1 rings (SSSR count). The van der Waals surface area contributed by atoms with Gasteiger partial charge >= 0.3 is 0 Å². The van der Waals surface area contributed by atoms with Gasteiger partial charge in [-0.2, -0.15) is 5.26 Å². The number of likely N-dealkylation sites (N-methyl/N-ethyl adjacent to an activating group) is 1. The Kier molecular flexibility index (Phi) is 3.05. The van der Waals surface area contributed by atoms with Gasteiger partial charge in [-0.05, 0) is 18.4 Å². The van der Waals surface area contributed by atoms with E-state index in [0.29, 0.717) is 16.1 Å². The largest absolute Gasteiger partial charge is 0.302 e. The highest BCUT2D eigenvalue weighted by atomic mass is 32.1. The highest BCUT2D eigenvalue weighted by molar-refractivity contribution is 7.14. The molecule has 0 saturated carbocycles. The second kappa shape index (κ2) is 4.07. The van der Waals surface area contributed by atoms with Crippen LogP contribution in [0.2, 0.25) is 0 Å². The summed E-state index contributed by atoms with van der Waals surface area (Å²) in [6.45, 7) is 5.22. The van der Waals surface area contributed by atoms with E-state index in [1.165, 1.54) is 16.2 Å². The van der Waals surface area contributed by atoms with Crippen LogP contribution in [0.15, 0.2) is 23.6 Å². The summed E-state index contributed by atoms with van der Waals surface area (Å²) in [7, 11) is 1.64. The molecular formula is C10H10N2OS. The zero-order valence-corrected chi connectivity index (χ0v) is 8.89. The van der Waals surface area contributed by atoms with Gasteiger partial charge in [0.15, 0.2) is 0 Å². The lowest BCUT2D eigenvalue weighted by molar-refractivity contribution is -0.114. The van der Waals surface area contributed by atoms with E-state index in [0.717, 1.165) is 0 Å². The van der Waals surface area contributed by atoms with Crippen molar-refractivity contribution in [1.82, 2.24) is 0 Å². The Hall–Kier alpha value is -1.60. The molecule has 0 saturated heterocycles. The fourth-order valence-electron chi connectivity index (χ4n) is 1.02. The number of hydrogen-bond donors (Lipinski definition) is 0. The number of thiophene rings is 1. The molecule has 72 valence electrons. The first-order chi connectivity index (χ1) is 6.57. The molecule has 1 heterocycles. The summed E-state index contributed by atoms with van der Waals surface area (Å²) in [6.07, 6.45) is 0. The maximum Gasteiger partial charge on any atom is 0.253 e. The van der Waals surface area contributed by atoms with Crippen LogP contribution in [-0.2, 0) is 4.79 Å². The van der Waals surface area contributed by atoms with Crippen LogP contribution in [-0.4, -0.2) is 13.0 Å². The number of carbonyl (C=O) groups excluding carboxylic acids is 1. The molecule has 1 aromatic rings. The van der Waals surface area contributed by atoms with E-state index < -0.39 is 0 Å². The summed E-state index contributed by atoms with van der Waals surface area (Å²) < 4.78 is 0. The maximum atomic E-state index is 11.5. The van der Waals surface area contributed by atoms with Crippen LogP contribution in [0.5, 0.6) is 0 Å². The fraction of sp³-hybridized carbons (Fsp3) is 0.200. The molecule has 4 heteroatoms. The number of amides is 1.